The lowest BCUT2D eigenvalue weighted by atomic mass is 10.00. The molecule has 0 fully saturated rings. The van der Waals surface area contributed by atoms with Crippen LogP contribution in [0.2, 0.25) is 0 Å². The van der Waals surface area contributed by atoms with E-state index < -0.39 is 10.1 Å². The van der Waals surface area contributed by atoms with Gasteiger partial charge in [0, 0.05) is 19.6 Å². The lowest BCUT2D eigenvalue weighted by Crippen LogP contribution is -2.34. The molecule has 0 N–H and O–H groups in total. The maximum absolute atomic E-state index is 12.1. The minimum atomic E-state index is -3.56. The van der Waals surface area contributed by atoms with Crippen LogP contribution in [-0.2, 0) is 10.1 Å². The van der Waals surface area contributed by atoms with Crippen molar-refractivity contribution in [1.29, 1.82) is 0 Å². The van der Waals surface area contributed by atoms with Crippen LogP contribution in [0.25, 0.3) is 5.57 Å². The Balaban J connectivity index is 1.52. The zero-order chi connectivity index (χ0) is 16.8. The van der Waals surface area contributed by atoms with Gasteiger partial charge in [0.05, 0.1) is 5.75 Å². The molecule has 0 amide bonds. The molecule has 4 nitrogen and oxygen atoms in total. The second-order valence-electron chi connectivity index (χ2n) is 5.80. The van der Waals surface area contributed by atoms with E-state index in [-0.39, 0.29) is 5.75 Å². The van der Waals surface area contributed by atoms with Gasteiger partial charge in [0.25, 0.3) is 0 Å². The van der Waals surface area contributed by atoms with E-state index in [1.54, 1.807) is 24.3 Å². The summed E-state index contributed by atoms with van der Waals surface area (Å²) >= 11 is 0. The highest BCUT2D eigenvalue weighted by molar-refractivity contribution is 7.87. The number of rotatable bonds is 6. The number of hydrogen-bond donors (Lipinski definition) is 0. The summed E-state index contributed by atoms with van der Waals surface area (Å²) in [5, 5.41) is 0. The highest BCUT2D eigenvalue weighted by Gasteiger charge is 2.18. The average molecular weight is 343 g/mol. The third kappa shape index (κ3) is 4.69. The molecule has 126 valence electrons. The number of hydrogen-bond acceptors (Lipinski definition) is 4. The van der Waals surface area contributed by atoms with Crippen molar-refractivity contribution in [1.82, 2.24) is 4.90 Å². The predicted octanol–water partition coefficient (Wildman–Crippen LogP) is 3.18. The standard InChI is InChI=1S/C19H21NO3S/c21-24(22,23-19-9-5-2-6-10-19)16-15-20-13-11-18(12-14-20)17-7-3-1-4-8-17/h1-11H,12-16H2. The third-order valence-electron chi connectivity index (χ3n) is 4.06. The van der Waals surface area contributed by atoms with Gasteiger partial charge in [-0.25, -0.2) is 0 Å². The number of nitrogens with zero attached hydrogens (tertiary/aromatic N) is 1. The molecule has 0 radical (unpaired) electrons. The molecule has 0 unspecified atom stereocenters. The SMILES string of the molecule is O=S(=O)(CCN1CC=C(c2ccccc2)CC1)Oc1ccccc1. The number of para-hydroxylation sites is 1. The summed E-state index contributed by atoms with van der Waals surface area (Å²) in [6.07, 6.45) is 3.12. The van der Waals surface area contributed by atoms with Crippen LogP contribution in [0.4, 0.5) is 0 Å². The van der Waals surface area contributed by atoms with Gasteiger partial charge >= 0.3 is 10.1 Å². The van der Waals surface area contributed by atoms with Gasteiger partial charge in [0.15, 0.2) is 0 Å². The van der Waals surface area contributed by atoms with Gasteiger partial charge in [-0.2, -0.15) is 8.42 Å². The second-order valence-corrected chi connectivity index (χ2v) is 7.49. The van der Waals surface area contributed by atoms with Gasteiger partial charge in [-0.15, -0.1) is 0 Å². The van der Waals surface area contributed by atoms with Crippen LogP contribution in [0, 0.1) is 0 Å². The monoisotopic (exact) mass is 343 g/mol. The Bertz CT molecular complexity index is 786. The normalized spacial score (nSPS) is 15.8. The molecule has 0 bridgehead atoms. The summed E-state index contributed by atoms with van der Waals surface area (Å²) in [6.45, 7) is 2.11. The fourth-order valence-electron chi connectivity index (χ4n) is 2.73. The Morgan fingerprint density at radius 1 is 0.958 bits per heavy atom. The van der Waals surface area contributed by atoms with E-state index in [9.17, 15) is 8.42 Å². The zero-order valence-corrected chi connectivity index (χ0v) is 14.3. The summed E-state index contributed by atoms with van der Waals surface area (Å²) in [4.78, 5) is 2.14. The van der Waals surface area contributed by atoms with E-state index in [2.05, 4.69) is 23.1 Å². The van der Waals surface area contributed by atoms with Crippen molar-refractivity contribution in [3.8, 4) is 5.75 Å². The maximum Gasteiger partial charge on any atom is 0.310 e. The molecule has 5 heteroatoms. The van der Waals surface area contributed by atoms with E-state index in [0.29, 0.717) is 12.3 Å². The van der Waals surface area contributed by atoms with Gasteiger partial charge in [-0.05, 0) is 29.7 Å². The predicted molar refractivity (Wildman–Crippen MR) is 96.3 cm³/mol. The molecule has 3 rings (SSSR count). The first-order valence-electron chi connectivity index (χ1n) is 8.06. The fourth-order valence-corrected chi connectivity index (χ4v) is 3.70. The minimum absolute atomic E-state index is 0.00357. The zero-order valence-electron chi connectivity index (χ0n) is 13.5. The summed E-state index contributed by atoms with van der Waals surface area (Å²) in [5.74, 6) is 0.360. The highest BCUT2D eigenvalue weighted by atomic mass is 32.2. The lowest BCUT2D eigenvalue weighted by Gasteiger charge is -2.26. The van der Waals surface area contributed by atoms with Crippen molar-refractivity contribution in [3.05, 3.63) is 72.3 Å². The largest absolute Gasteiger partial charge is 0.382 e. The third-order valence-corrected chi connectivity index (χ3v) is 5.19. The van der Waals surface area contributed by atoms with E-state index in [1.165, 1.54) is 11.1 Å². The van der Waals surface area contributed by atoms with Gasteiger partial charge in [0.2, 0.25) is 0 Å². The van der Waals surface area contributed by atoms with Crippen LogP contribution in [0.1, 0.15) is 12.0 Å². The van der Waals surface area contributed by atoms with Crippen LogP contribution in [-0.4, -0.2) is 38.7 Å². The molecule has 0 saturated heterocycles. The molecule has 1 aliphatic heterocycles. The van der Waals surface area contributed by atoms with Gasteiger partial charge in [-0.3, -0.25) is 4.90 Å². The fraction of sp³-hybridized carbons (Fsp3) is 0.263. The summed E-state index contributed by atoms with van der Waals surface area (Å²) in [7, 11) is -3.56. The van der Waals surface area contributed by atoms with E-state index >= 15 is 0 Å². The Hall–Kier alpha value is -2.11. The van der Waals surface area contributed by atoms with Gasteiger partial charge in [0.1, 0.15) is 5.75 Å². The van der Waals surface area contributed by atoms with Crippen LogP contribution in [0.15, 0.2) is 66.7 Å². The molecule has 24 heavy (non-hydrogen) atoms. The van der Waals surface area contributed by atoms with E-state index in [0.717, 1.165) is 19.5 Å². The molecular formula is C19H21NO3S. The smallest absolute Gasteiger partial charge is 0.310 e. The van der Waals surface area contributed by atoms with E-state index in [4.69, 9.17) is 4.18 Å². The lowest BCUT2D eigenvalue weighted by molar-refractivity contribution is 0.316. The molecule has 2 aromatic carbocycles. The summed E-state index contributed by atoms with van der Waals surface area (Å²) < 4.78 is 29.2. The van der Waals surface area contributed by atoms with Crippen molar-refractivity contribution < 1.29 is 12.6 Å². The molecule has 1 aliphatic rings. The molecule has 0 atom stereocenters. The van der Waals surface area contributed by atoms with Gasteiger partial charge in [-0.1, -0.05) is 54.6 Å². The topological polar surface area (TPSA) is 46.6 Å². The average Bonchev–Trinajstić information content (AvgIpc) is 2.62. The Morgan fingerprint density at radius 2 is 1.62 bits per heavy atom. The van der Waals surface area contributed by atoms with Crippen molar-refractivity contribution in [2.24, 2.45) is 0 Å². The molecule has 0 aliphatic carbocycles. The first-order valence-corrected chi connectivity index (χ1v) is 9.64. The van der Waals surface area contributed by atoms with E-state index in [1.807, 2.05) is 24.3 Å². The second kappa shape index (κ2) is 7.64. The van der Waals surface area contributed by atoms with Crippen molar-refractivity contribution in [2.75, 3.05) is 25.4 Å². The Kier molecular flexibility index (Phi) is 5.33. The van der Waals surface area contributed by atoms with Crippen molar-refractivity contribution >= 4 is 15.7 Å². The van der Waals surface area contributed by atoms with Crippen LogP contribution >= 0.6 is 0 Å². The first-order chi connectivity index (χ1) is 11.6. The first kappa shape index (κ1) is 16.7. The molecule has 2 aromatic rings. The Morgan fingerprint density at radius 3 is 2.25 bits per heavy atom. The van der Waals surface area contributed by atoms with Crippen molar-refractivity contribution in [3.63, 3.8) is 0 Å². The molecule has 1 heterocycles. The summed E-state index contributed by atoms with van der Waals surface area (Å²) in [6, 6.07) is 18.9. The van der Waals surface area contributed by atoms with Crippen LogP contribution in [0.5, 0.6) is 5.75 Å². The molecule has 0 aromatic heterocycles. The highest BCUT2D eigenvalue weighted by Crippen LogP contribution is 2.22. The van der Waals surface area contributed by atoms with Crippen LogP contribution < -0.4 is 4.18 Å². The summed E-state index contributed by atoms with van der Waals surface area (Å²) in [5.41, 5.74) is 2.58. The van der Waals surface area contributed by atoms with Crippen LogP contribution in [0.3, 0.4) is 0 Å². The molecule has 0 spiro atoms. The molecule has 0 saturated carbocycles. The van der Waals surface area contributed by atoms with Crippen molar-refractivity contribution in [2.45, 2.75) is 6.42 Å². The molecular weight excluding hydrogens is 322 g/mol. The Labute approximate surface area is 143 Å². The minimum Gasteiger partial charge on any atom is -0.382 e. The van der Waals surface area contributed by atoms with Gasteiger partial charge < -0.3 is 4.18 Å². The maximum atomic E-state index is 12.1. The number of benzene rings is 2. The quantitative estimate of drug-likeness (QED) is 0.756.